The van der Waals surface area contributed by atoms with Gasteiger partial charge >= 0.3 is 0 Å². The number of benzene rings is 1. The van der Waals surface area contributed by atoms with Crippen LogP contribution in [0.15, 0.2) is 30.3 Å². The highest BCUT2D eigenvalue weighted by molar-refractivity contribution is 5.21. The van der Waals surface area contributed by atoms with Crippen molar-refractivity contribution in [3.8, 4) is 5.75 Å². The van der Waals surface area contributed by atoms with E-state index >= 15 is 0 Å². The van der Waals surface area contributed by atoms with Crippen LogP contribution in [0, 0.1) is 5.92 Å². The summed E-state index contributed by atoms with van der Waals surface area (Å²) >= 11 is 0. The fourth-order valence-electron chi connectivity index (χ4n) is 1.68. The van der Waals surface area contributed by atoms with E-state index in [0.29, 0.717) is 5.92 Å². The Morgan fingerprint density at radius 3 is 2.43 bits per heavy atom. The van der Waals surface area contributed by atoms with Crippen molar-refractivity contribution in [3.05, 3.63) is 30.3 Å². The highest BCUT2D eigenvalue weighted by atomic mass is 16.7. The van der Waals surface area contributed by atoms with Gasteiger partial charge in [0.05, 0.1) is 0 Å². The number of para-hydroxylation sites is 1. The largest absolute Gasteiger partial charge is 0.465 e. The molecule has 1 aliphatic carbocycles. The summed E-state index contributed by atoms with van der Waals surface area (Å²) in [5.74, 6) is 1.48. The van der Waals surface area contributed by atoms with Crippen LogP contribution in [0.25, 0.3) is 0 Å². The molecular formula is C12H16O2. The third kappa shape index (κ3) is 2.07. The number of methoxy groups -OCH3 is 1. The first-order valence-electron chi connectivity index (χ1n) is 5.14. The topological polar surface area (TPSA) is 18.5 Å². The highest BCUT2D eigenvalue weighted by Gasteiger charge is 2.28. The molecule has 14 heavy (non-hydrogen) atoms. The second-order valence-corrected chi connectivity index (χ2v) is 3.73. The zero-order valence-electron chi connectivity index (χ0n) is 8.48. The van der Waals surface area contributed by atoms with Crippen LogP contribution >= 0.6 is 0 Å². The van der Waals surface area contributed by atoms with Crippen molar-refractivity contribution >= 4 is 0 Å². The number of hydrogen-bond donors (Lipinski definition) is 0. The van der Waals surface area contributed by atoms with Crippen LogP contribution in [0.4, 0.5) is 0 Å². The minimum absolute atomic E-state index is 0.0638. The van der Waals surface area contributed by atoms with Gasteiger partial charge in [0, 0.05) is 13.0 Å². The molecule has 1 unspecified atom stereocenters. The van der Waals surface area contributed by atoms with E-state index in [0.717, 1.165) is 5.75 Å². The van der Waals surface area contributed by atoms with Gasteiger partial charge in [-0.15, -0.1) is 0 Å². The molecule has 0 spiro atoms. The summed E-state index contributed by atoms with van der Waals surface area (Å²) in [6.07, 6.45) is 3.70. The third-order valence-corrected chi connectivity index (χ3v) is 2.76. The van der Waals surface area contributed by atoms with Crippen molar-refractivity contribution in [1.82, 2.24) is 0 Å². The first kappa shape index (κ1) is 9.53. The fraction of sp³-hybridized carbons (Fsp3) is 0.500. The van der Waals surface area contributed by atoms with E-state index in [1.807, 2.05) is 30.3 Å². The van der Waals surface area contributed by atoms with Gasteiger partial charge in [-0.1, -0.05) is 24.6 Å². The molecule has 1 fully saturated rings. The molecule has 2 heteroatoms. The second kappa shape index (κ2) is 4.47. The minimum Gasteiger partial charge on any atom is -0.465 e. The molecule has 0 radical (unpaired) electrons. The van der Waals surface area contributed by atoms with Gasteiger partial charge in [-0.3, -0.25) is 0 Å². The van der Waals surface area contributed by atoms with Gasteiger partial charge in [-0.05, 0) is 25.0 Å². The van der Waals surface area contributed by atoms with Crippen LogP contribution in [0.3, 0.4) is 0 Å². The maximum Gasteiger partial charge on any atom is 0.202 e. The predicted octanol–water partition coefficient (Wildman–Crippen LogP) is 2.84. The van der Waals surface area contributed by atoms with Crippen molar-refractivity contribution in [3.63, 3.8) is 0 Å². The Morgan fingerprint density at radius 2 is 1.93 bits per heavy atom. The predicted molar refractivity (Wildman–Crippen MR) is 55.2 cm³/mol. The van der Waals surface area contributed by atoms with Crippen LogP contribution in [-0.4, -0.2) is 13.4 Å². The first-order valence-corrected chi connectivity index (χ1v) is 5.14. The molecular weight excluding hydrogens is 176 g/mol. The maximum absolute atomic E-state index is 5.75. The minimum atomic E-state index is -0.0638. The molecule has 0 heterocycles. The molecule has 1 aromatic rings. The van der Waals surface area contributed by atoms with E-state index in [1.165, 1.54) is 19.3 Å². The summed E-state index contributed by atoms with van der Waals surface area (Å²) in [5.41, 5.74) is 0. The summed E-state index contributed by atoms with van der Waals surface area (Å²) in [5, 5.41) is 0. The summed E-state index contributed by atoms with van der Waals surface area (Å²) < 4.78 is 11.1. The average molecular weight is 192 g/mol. The Balaban J connectivity index is 1.94. The molecule has 0 N–H and O–H groups in total. The lowest BCUT2D eigenvalue weighted by molar-refractivity contribution is -0.112. The van der Waals surface area contributed by atoms with Gasteiger partial charge in [0.25, 0.3) is 0 Å². The van der Waals surface area contributed by atoms with Crippen molar-refractivity contribution < 1.29 is 9.47 Å². The third-order valence-electron chi connectivity index (χ3n) is 2.76. The van der Waals surface area contributed by atoms with E-state index in [9.17, 15) is 0 Å². The van der Waals surface area contributed by atoms with Crippen LogP contribution in [0.1, 0.15) is 19.3 Å². The average Bonchev–Trinajstić information content (AvgIpc) is 2.15. The van der Waals surface area contributed by atoms with Crippen molar-refractivity contribution in [2.45, 2.75) is 25.6 Å². The monoisotopic (exact) mass is 192 g/mol. The number of ether oxygens (including phenoxy) is 2. The van der Waals surface area contributed by atoms with Crippen LogP contribution in [0.5, 0.6) is 5.75 Å². The van der Waals surface area contributed by atoms with E-state index in [2.05, 4.69) is 0 Å². The maximum atomic E-state index is 5.75. The Morgan fingerprint density at radius 1 is 1.21 bits per heavy atom. The van der Waals surface area contributed by atoms with Gasteiger partial charge in [0.15, 0.2) is 0 Å². The normalized spacial score (nSPS) is 18.6. The molecule has 0 saturated heterocycles. The Labute approximate surface area is 84.8 Å². The molecule has 0 bridgehead atoms. The summed E-state index contributed by atoms with van der Waals surface area (Å²) in [7, 11) is 1.71. The van der Waals surface area contributed by atoms with Crippen LogP contribution in [-0.2, 0) is 4.74 Å². The molecule has 76 valence electrons. The summed E-state index contributed by atoms with van der Waals surface area (Å²) in [6, 6.07) is 9.86. The standard InChI is InChI=1S/C12H16O2/c1-13-12(10-6-5-7-10)14-11-8-3-2-4-9-11/h2-4,8-10,12H,5-7H2,1H3. The van der Waals surface area contributed by atoms with E-state index in [1.54, 1.807) is 7.11 Å². The van der Waals surface area contributed by atoms with Crippen molar-refractivity contribution in [1.29, 1.82) is 0 Å². The molecule has 1 atom stereocenters. The van der Waals surface area contributed by atoms with E-state index < -0.39 is 0 Å². The van der Waals surface area contributed by atoms with Gasteiger partial charge < -0.3 is 9.47 Å². The lowest BCUT2D eigenvalue weighted by atomic mass is 9.85. The molecule has 0 aromatic heterocycles. The molecule has 2 rings (SSSR count). The molecule has 0 amide bonds. The lowest BCUT2D eigenvalue weighted by Crippen LogP contribution is -2.33. The SMILES string of the molecule is COC(Oc1ccccc1)C1CCC1. The Kier molecular flexibility index (Phi) is 3.04. The number of hydrogen-bond acceptors (Lipinski definition) is 2. The molecule has 1 aromatic carbocycles. The quantitative estimate of drug-likeness (QED) is 0.683. The van der Waals surface area contributed by atoms with Gasteiger partial charge in [0.2, 0.25) is 6.29 Å². The van der Waals surface area contributed by atoms with Gasteiger partial charge in [0.1, 0.15) is 5.75 Å². The van der Waals surface area contributed by atoms with Gasteiger partial charge in [-0.25, -0.2) is 0 Å². The second-order valence-electron chi connectivity index (χ2n) is 3.73. The summed E-state index contributed by atoms with van der Waals surface area (Å²) in [4.78, 5) is 0. The van der Waals surface area contributed by atoms with E-state index in [-0.39, 0.29) is 6.29 Å². The molecule has 2 nitrogen and oxygen atoms in total. The highest BCUT2D eigenvalue weighted by Crippen LogP contribution is 2.32. The molecule has 1 saturated carbocycles. The Hall–Kier alpha value is -1.02. The van der Waals surface area contributed by atoms with Gasteiger partial charge in [-0.2, -0.15) is 0 Å². The zero-order valence-corrected chi connectivity index (χ0v) is 8.48. The summed E-state index contributed by atoms with van der Waals surface area (Å²) in [6.45, 7) is 0. The molecule has 1 aliphatic rings. The fourth-order valence-corrected chi connectivity index (χ4v) is 1.68. The van der Waals surface area contributed by atoms with Crippen molar-refractivity contribution in [2.24, 2.45) is 5.92 Å². The zero-order chi connectivity index (χ0) is 9.80. The van der Waals surface area contributed by atoms with Crippen LogP contribution < -0.4 is 4.74 Å². The van der Waals surface area contributed by atoms with Crippen LogP contribution in [0.2, 0.25) is 0 Å². The molecule has 0 aliphatic heterocycles. The Bertz CT molecular complexity index is 267. The van der Waals surface area contributed by atoms with Crippen molar-refractivity contribution in [2.75, 3.05) is 7.11 Å². The first-order chi connectivity index (χ1) is 6.90. The van der Waals surface area contributed by atoms with E-state index in [4.69, 9.17) is 9.47 Å². The smallest absolute Gasteiger partial charge is 0.202 e. The number of rotatable bonds is 4. The lowest BCUT2D eigenvalue weighted by Gasteiger charge is -2.32.